The van der Waals surface area contributed by atoms with Crippen molar-refractivity contribution in [3.8, 4) is 34.0 Å². The molecule has 1 saturated heterocycles. The smallest absolute Gasteiger partial charge is 0.150 e. The molecule has 8 nitrogen and oxygen atoms in total. The molecule has 7 rings (SSSR count). The van der Waals surface area contributed by atoms with Crippen molar-refractivity contribution in [2.45, 2.75) is 38.5 Å². The van der Waals surface area contributed by atoms with Gasteiger partial charge >= 0.3 is 0 Å². The Labute approximate surface area is 214 Å². The molecular formula is C29H28N6O2. The Morgan fingerprint density at radius 2 is 1.84 bits per heavy atom. The predicted molar refractivity (Wildman–Crippen MR) is 141 cm³/mol. The zero-order valence-electron chi connectivity index (χ0n) is 20.5. The van der Waals surface area contributed by atoms with Crippen molar-refractivity contribution in [3.63, 3.8) is 0 Å². The molecule has 1 fully saturated rings. The number of benzene rings is 3. The standard InChI is InChI=1S/C29H28N6O2/c36-24-9-5-19(6-10-24)21-7-11-27-25(16-21)29(32-35(27)28-3-1-2-14-37-28)26-18-34(33-31-26)23-8-4-20-12-13-30-17-22(20)15-23/h4-11,15-16,18,28,30,36H,1-3,12-14,17H2. The average Bonchev–Trinajstić information content (AvgIpc) is 3.59. The fraction of sp³-hybridized carbons (Fsp3) is 0.276. The van der Waals surface area contributed by atoms with Gasteiger partial charge in [-0.1, -0.05) is 29.5 Å². The van der Waals surface area contributed by atoms with Crippen molar-refractivity contribution in [3.05, 3.63) is 78.0 Å². The molecule has 37 heavy (non-hydrogen) atoms. The number of hydrogen-bond acceptors (Lipinski definition) is 6. The number of phenols is 1. The van der Waals surface area contributed by atoms with Gasteiger partial charge in [0.25, 0.3) is 0 Å². The first-order chi connectivity index (χ1) is 18.2. The molecule has 2 aliphatic heterocycles. The third-order valence-electron chi connectivity index (χ3n) is 7.41. The fourth-order valence-electron chi connectivity index (χ4n) is 5.41. The van der Waals surface area contributed by atoms with E-state index in [1.165, 1.54) is 11.1 Å². The highest BCUT2D eigenvalue weighted by molar-refractivity contribution is 5.95. The van der Waals surface area contributed by atoms with Crippen LogP contribution < -0.4 is 5.32 Å². The number of phenolic OH excluding ortho intramolecular Hbond substituents is 1. The van der Waals surface area contributed by atoms with E-state index < -0.39 is 0 Å². The molecule has 1 atom stereocenters. The second kappa shape index (κ2) is 9.14. The normalized spacial score (nSPS) is 17.7. The SMILES string of the molecule is Oc1ccc(-c2ccc3c(c2)c(-c2cn(-c4ccc5c(c4)CNCC5)nn2)nn3C2CCCCO2)cc1. The quantitative estimate of drug-likeness (QED) is 0.367. The molecule has 0 amide bonds. The van der Waals surface area contributed by atoms with E-state index in [9.17, 15) is 5.11 Å². The number of aromatic hydroxyl groups is 1. The largest absolute Gasteiger partial charge is 0.508 e. The molecule has 0 radical (unpaired) electrons. The Morgan fingerprint density at radius 1 is 0.946 bits per heavy atom. The Hall–Kier alpha value is -4.01. The minimum atomic E-state index is -0.0901. The van der Waals surface area contributed by atoms with E-state index in [1.54, 1.807) is 12.1 Å². The van der Waals surface area contributed by atoms with Crippen LogP contribution >= 0.6 is 0 Å². The van der Waals surface area contributed by atoms with E-state index in [-0.39, 0.29) is 12.0 Å². The second-order valence-electron chi connectivity index (χ2n) is 9.82. The second-order valence-corrected chi connectivity index (χ2v) is 9.82. The molecular weight excluding hydrogens is 464 g/mol. The molecule has 186 valence electrons. The Bertz CT molecular complexity index is 1580. The summed E-state index contributed by atoms with van der Waals surface area (Å²) in [5.41, 5.74) is 8.29. The number of hydrogen-bond donors (Lipinski definition) is 2. The molecule has 4 heterocycles. The first kappa shape index (κ1) is 22.2. The number of nitrogens with zero attached hydrogens (tertiary/aromatic N) is 5. The highest BCUT2D eigenvalue weighted by atomic mass is 16.5. The van der Waals surface area contributed by atoms with Gasteiger partial charge in [-0.25, -0.2) is 9.36 Å². The van der Waals surface area contributed by atoms with Crippen LogP contribution in [-0.2, 0) is 17.7 Å². The van der Waals surface area contributed by atoms with Crippen LogP contribution in [0.15, 0.2) is 66.9 Å². The van der Waals surface area contributed by atoms with Gasteiger partial charge in [-0.15, -0.1) is 5.10 Å². The molecule has 2 aromatic heterocycles. The summed E-state index contributed by atoms with van der Waals surface area (Å²) in [5.74, 6) is 0.252. The van der Waals surface area contributed by atoms with Crippen LogP contribution in [0.1, 0.15) is 36.6 Å². The van der Waals surface area contributed by atoms with Crippen molar-refractivity contribution in [1.82, 2.24) is 30.1 Å². The fourth-order valence-corrected chi connectivity index (χ4v) is 5.41. The minimum Gasteiger partial charge on any atom is -0.508 e. The Kier molecular flexibility index (Phi) is 5.48. The Balaban J connectivity index is 1.33. The van der Waals surface area contributed by atoms with Crippen LogP contribution in [0.2, 0.25) is 0 Å². The lowest BCUT2D eigenvalue weighted by atomic mass is 10.0. The third-order valence-corrected chi connectivity index (χ3v) is 7.41. The monoisotopic (exact) mass is 492 g/mol. The minimum absolute atomic E-state index is 0.0901. The van der Waals surface area contributed by atoms with Crippen molar-refractivity contribution in [1.29, 1.82) is 0 Å². The summed E-state index contributed by atoms with van der Waals surface area (Å²) in [4.78, 5) is 0. The number of aromatic nitrogens is 5. The van der Waals surface area contributed by atoms with Crippen molar-refractivity contribution in [2.75, 3.05) is 13.2 Å². The molecule has 0 bridgehead atoms. The van der Waals surface area contributed by atoms with Crippen LogP contribution in [0.25, 0.3) is 39.1 Å². The summed E-state index contributed by atoms with van der Waals surface area (Å²) in [6.45, 7) is 2.64. The van der Waals surface area contributed by atoms with Gasteiger partial charge in [-0.2, -0.15) is 5.10 Å². The van der Waals surface area contributed by atoms with Crippen LogP contribution in [0, 0.1) is 0 Å². The zero-order chi connectivity index (χ0) is 24.8. The highest BCUT2D eigenvalue weighted by Crippen LogP contribution is 2.35. The van der Waals surface area contributed by atoms with E-state index in [4.69, 9.17) is 9.84 Å². The lowest BCUT2D eigenvalue weighted by Crippen LogP contribution is -2.23. The lowest BCUT2D eigenvalue weighted by Gasteiger charge is -2.23. The Morgan fingerprint density at radius 3 is 2.70 bits per heavy atom. The maximum Gasteiger partial charge on any atom is 0.150 e. The first-order valence-corrected chi connectivity index (χ1v) is 12.9. The van der Waals surface area contributed by atoms with Crippen molar-refractivity contribution in [2.24, 2.45) is 0 Å². The molecule has 5 aromatic rings. The van der Waals surface area contributed by atoms with E-state index in [1.807, 2.05) is 27.7 Å². The van der Waals surface area contributed by atoms with E-state index in [2.05, 4.69) is 52.0 Å². The average molecular weight is 493 g/mol. The maximum atomic E-state index is 9.73. The molecule has 0 aliphatic carbocycles. The molecule has 8 heteroatoms. The summed E-state index contributed by atoms with van der Waals surface area (Å²) >= 11 is 0. The summed E-state index contributed by atoms with van der Waals surface area (Å²) in [6.07, 6.45) is 6.06. The highest BCUT2D eigenvalue weighted by Gasteiger charge is 2.23. The third kappa shape index (κ3) is 4.08. The van der Waals surface area contributed by atoms with E-state index in [0.717, 1.165) is 84.5 Å². The van der Waals surface area contributed by atoms with Gasteiger partial charge in [-0.3, -0.25) is 0 Å². The number of nitrogens with one attached hydrogen (secondary N) is 1. The van der Waals surface area contributed by atoms with Crippen molar-refractivity contribution < 1.29 is 9.84 Å². The summed E-state index contributed by atoms with van der Waals surface area (Å²) in [6, 6.07) is 20.1. The molecule has 1 unspecified atom stereocenters. The van der Waals surface area contributed by atoms with Crippen LogP contribution in [-0.4, -0.2) is 43.0 Å². The van der Waals surface area contributed by atoms with Crippen LogP contribution in [0.5, 0.6) is 5.75 Å². The molecule has 0 saturated carbocycles. The van der Waals surface area contributed by atoms with Gasteiger partial charge in [0.2, 0.25) is 0 Å². The molecule has 2 aliphatic rings. The van der Waals surface area contributed by atoms with Gasteiger partial charge in [0.1, 0.15) is 17.1 Å². The first-order valence-electron chi connectivity index (χ1n) is 12.9. The van der Waals surface area contributed by atoms with Gasteiger partial charge in [-0.05, 0) is 90.9 Å². The summed E-state index contributed by atoms with van der Waals surface area (Å²) < 4.78 is 9.94. The topological polar surface area (TPSA) is 90.0 Å². The summed E-state index contributed by atoms with van der Waals surface area (Å²) in [5, 5.41) is 28.2. The van der Waals surface area contributed by atoms with E-state index in [0.29, 0.717) is 0 Å². The van der Waals surface area contributed by atoms with Gasteiger partial charge in [0.15, 0.2) is 6.23 Å². The predicted octanol–water partition coefficient (Wildman–Crippen LogP) is 5.00. The lowest BCUT2D eigenvalue weighted by molar-refractivity contribution is -0.0365. The summed E-state index contributed by atoms with van der Waals surface area (Å²) in [7, 11) is 0. The molecule has 3 aromatic carbocycles. The van der Waals surface area contributed by atoms with Gasteiger partial charge < -0.3 is 15.2 Å². The van der Waals surface area contributed by atoms with Crippen molar-refractivity contribution >= 4 is 10.9 Å². The number of ether oxygens (including phenoxy) is 1. The maximum absolute atomic E-state index is 9.73. The van der Waals surface area contributed by atoms with Crippen LogP contribution in [0.3, 0.4) is 0 Å². The van der Waals surface area contributed by atoms with Gasteiger partial charge in [0, 0.05) is 18.5 Å². The molecule has 2 N–H and O–H groups in total. The van der Waals surface area contributed by atoms with Gasteiger partial charge in [0.05, 0.1) is 17.4 Å². The zero-order valence-corrected chi connectivity index (χ0v) is 20.5. The van der Waals surface area contributed by atoms with E-state index >= 15 is 0 Å². The number of fused-ring (bicyclic) bond motifs is 2. The number of rotatable bonds is 4. The van der Waals surface area contributed by atoms with Crippen LogP contribution in [0.4, 0.5) is 0 Å². The molecule has 0 spiro atoms.